The summed E-state index contributed by atoms with van der Waals surface area (Å²) in [6.45, 7) is 4.78. The molecule has 1 heterocycles. The lowest BCUT2D eigenvalue weighted by atomic mass is 9.65. The molecule has 0 atom stereocenters. The minimum atomic E-state index is -0.507. The van der Waals surface area contributed by atoms with E-state index in [0.29, 0.717) is 18.8 Å². The predicted molar refractivity (Wildman–Crippen MR) is 64.9 cm³/mol. The van der Waals surface area contributed by atoms with Gasteiger partial charge in [-0.2, -0.15) is 0 Å². The van der Waals surface area contributed by atoms with Crippen molar-refractivity contribution in [1.29, 1.82) is 0 Å². The van der Waals surface area contributed by atoms with E-state index in [4.69, 9.17) is 10.5 Å². The predicted octanol–water partition coefficient (Wildman–Crippen LogP) is 2.59. The zero-order valence-electron chi connectivity index (χ0n) is 9.39. The van der Waals surface area contributed by atoms with Crippen molar-refractivity contribution in [3.05, 3.63) is 34.1 Å². The van der Waals surface area contributed by atoms with E-state index in [1.807, 2.05) is 13.8 Å². The van der Waals surface area contributed by atoms with Crippen LogP contribution in [0.25, 0.3) is 0 Å². The van der Waals surface area contributed by atoms with Gasteiger partial charge in [0.15, 0.2) is 0 Å². The Hall–Kier alpha value is -0.450. The van der Waals surface area contributed by atoms with Crippen LogP contribution >= 0.6 is 15.9 Å². The summed E-state index contributed by atoms with van der Waals surface area (Å²) in [6, 6.07) is 4.95. The molecule has 1 saturated heterocycles. The number of hydrogen-bond acceptors (Lipinski definition) is 2. The summed E-state index contributed by atoms with van der Waals surface area (Å²) < 4.78 is 20.0. The standard InChI is InChI=1S/C12H15BrFNO/c1-11(2,15)12(6-16-7-12)9-5-8(13)3-4-10(9)14/h3-5H,6-7,15H2,1-2H3. The monoisotopic (exact) mass is 287 g/mol. The molecule has 1 aromatic rings. The Morgan fingerprint density at radius 3 is 2.50 bits per heavy atom. The molecule has 16 heavy (non-hydrogen) atoms. The molecule has 1 fully saturated rings. The van der Waals surface area contributed by atoms with Crippen LogP contribution in [-0.2, 0) is 10.2 Å². The van der Waals surface area contributed by atoms with Crippen LogP contribution in [0.2, 0.25) is 0 Å². The van der Waals surface area contributed by atoms with Crippen molar-refractivity contribution in [3.63, 3.8) is 0 Å². The SMILES string of the molecule is CC(C)(N)C1(c2cc(Br)ccc2F)COC1. The Bertz CT molecular complexity index is 410. The smallest absolute Gasteiger partial charge is 0.127 e. The Labute approximate surface area is 103 Å². The second-order valence-corrected chi connectivity index (χ2v) is 5.84. The number of rotatable bonds is 2. The van der Waals surface area contributed by atoms with Crippen molar-refractivity contribution in [3.8, 4) is 0 Å². The van der Waals surface area contributed by atoms with Crippen molar-refractivity contribution in [1.82, 2.24) is 0 Å². The molecule has 2 nitrogen and oxygen atoms in total. The molecule has 1 aliphatic rings. The summed E-state index contributed by atoms with van der Waals surface area (Å²) >= 11 is 3.36. The first kappa shape index (κ1) is 12.0. The van der Waals surface area contributed by atoms with E-state index in [1.54, 1.807) is 12.1 Å². The number of benzene rings is 1. The van der Waals surface area contributed by atoms with Gasteiger partial charge >= 0.3 is 0 Å². The lowest BCUT2D eigenvalue weighted by Gasteiger charge is -2.51. The van der Waals surface area contributed by atoms with E-state index >= 15 is 0 Å². The van der Waals surface area contributed by atoms with Crippen molar-refractivity contribution < 1.29 is 9.13 Å². The molecule has 2 rings (SSSR count). The molecule has 1 aliphatic heterocycles. The van der Waals surface area contributed by atoms with Crippen molar-refractivity contribution >= 4 is 15.9 Å². The van der Waals surface area contributed by atoms with Crippen LogP contribution in [0.15, 0.2) is 22.7 Å². The maximum atomic E-state index is 13.9. The van der Waals surface area contributed by atoms with E-state index < -0.39 is 11.0 Å². The fraction of sp³-hybridized carbons (Fsp3) is 0.500. The quantitative estimate of drug-likeness (QED) is 0.908. The molecule has 0 aliphatic carbocycles. The third kappa shape index (κ3) is 1.69. The van der Waals surface area contributed by atoms with Gasteiger partial charge in [-0.15, -0.1) is 0 Å². The Morgan fingerprint density at radius 2 is 2.06 bits per heavy atom. The van der Waals surface area contributed by atoms with Gasteiger partial charge in [0.05, 0.1) is 18.6 Å². The zero-order valence-corrected chi connectivity index (χ0v) is 11.0. The van der Waals surface area contributed by atoms with Crippen LogP contribution in [0.1, 0.15) is 19.4 Å². The second-order valence-electron chi connectivity index (χ2n) is 4.92. The zero-order chi connectivity index (χ0) is 12.0. The van der Waals surface area contributed by atoms with Gasteiger partial charge in [-0.3, -0.25) is 0 Å². The molecule has 88 valence electrons. The van der Waals surface area contributed by atoms with Crippen molar-refractivity contribution in [2.24, 2.45) is 5.73 Å². The molecule has 0 amide bonds. The fourth-order valence-electron chi connectivity index (χ4n) is 2.05. The minimum absolute atomic E-state index is 0.218. The number of nitrogens with two attached hydrogens (primary N) is 1. The van der Waals surface area contributed by atoms with Crippen LogP contribution < -0.4 is 5.73 Å². The summed E-state index contributed by atoms with van der Waals surface area (Å²) in [5.41, 5.74) is 5.88. The summed E-state index contributed by atoms with van der Waals surface area (Å²) in [7, 11) is 0. The highest BCUT2D eigenvalue weighted by atomic mass is 79.9. The van der Waals surface area contributed by atoms with E-state index in [1.165, 1.54) is 6.07 Å². The normalized spacial score (nSPS) is 19.3. The molecule has 4 heteroatoms. The molecule has 0 saturated carbocycles. The fourth-order valence-corrected chi connectivity index (χ4v) is 2.41. The summed E-state index contributed by atoms with van der Waals surface area (Å²) in [5.74, 6) is -0.218. The summed E-state index contributed by atoms with van der Waals surface area (Å²) in [6.07, 6.45) is 0. The molecular formula is C12H15BrFNO. The minimum Gasteiger partial charge on any atom is -0.379 e. The van der Waals surface area contributed by atoms with Crippen LogP contribution in [-0.4, -0.2) is 18.8 Å². The largest absolute Gasteiger partial charge is 0.379 e. The molecule has 0 aromatic heterocycles. The molecule has 0 unspecified atom stereocenters. The molecule has 1 aromatic carbocycles. The van der Waals surface area contributed by atoms with Gasteiger partial charge in [-0.05, 0) is 32.0 Å². The van der Waals surface area contributed by atoms with E-state index in [-0.39, 0.29) is 5.82 Å². The third-order valence-corrected chi connectivity index (χ3v) is 3.87. The van der Waals surface area contributed by atoms with E-state index in [2.05, 4.69) is 15.9 Å². The van der Waals surface area contributed by atoms with Crippen LogP contribution in [0.5, 0.6) is 0 Å². The highest BCUT2D eigenvalue weighted by Gasteiger charge is 2.51. The topological polar surface area (TPSA) is 35.2 Å². The first-order chi connectivity index (χ1) is 7.37. The molecule has 2 N–H and O–H groups in total. The molecular weight excluding hydrogens is 273 g/mol. The van der Waals surface area contributed by atoms with Gasteiger partial charge < -0.3 is 10.5 Å². The Morgan fingerprint density at radius 1 is 1.44 bits per heavy atom. The highest BCUT2D eigenvalue weighted by Crippen LogP contribution is 2.42. The first-order valence-corrected chi connectivity index (χ1v) is 5.98. The van der Waals surface area contributed by atoms with E-state index in [0.717, 1.165) is 4.47 Å². The van der Waals surface area contributed by atoms with E-state index in [9.17, 15) is 4.39 Å². The third-order valence-electron chi connectivity index (χ3n) is 3.37. The van der Waals surface area contributed by atoms with Gasteiger partial charge in [-0.25, -0.2) is 4.39 Å². The van der Waals surface area contributed by atoms with Gasteiger partial charge in [0.2, 0.25) is 0 Å². The average Bonchev–Trinajstić information content (AvgIpc) is 2.06. The number of halogens is 2. The Kier molecular flexibility index (Phi) is 2.85. The number of ether oxygens (including phenoxy) is 1. The van der Waals surface area contributed by atoms with Gasteiger partial charge in [0, 0.05) is 15.6 Å². The number of hydrogen-bond donors (Lipinski definition) is 1. The average molecular weight is 288 g/mol. The second kappa shape index (κ2) is 3.79. The van der Waals surface area contributed by atoms with Crippen LogP contribution in [0.4, 0.5) is 4.39 Å². The molecule has 0 bridgehead atoms. The Balaban J connectivity index is 2.53. The van der Waals surface area contributed by atoms with Crippen LogP contribution in [0.3, 0.4) is 0 Å². The first-order valence-electron chi connectivity index (χ1n) is 5.19. The van der Waals surface area contributed by atoms with Crippen molar-refractivity contribution in [2.75, 3.05) is 13.2 Å². The highest BCUT2D eigenvalue weighted by molar-refractivity contribution is 9.10. The summed E-state index contributed by atoms with van der Waals surface area (Å²) in [5, 5.41) is 0. The lowest BCUT2D eigenvalue weighted by Crippen LogP contribution is -2.65. The van der Waals surface area contributed by atoms with Gasteiger partial charge in [0.1, 0.15) is 5.82 Å². The molecule has 0 radical (unpaired) electrons. The van der Waals surface area contributed by atoms with Crippen LogP contribution in [0, 0.1) is 5.82 Å². The van der Waals surface area contributed by atoms with Crippen molar-refractivity contribution in [2.45, 2.75) is 24.8 Å². The van der Waals surface area contributed by atoms with Gasteiger partial charge in [-0.1, -0.05) is 15.9 Å². The lowest BCUT2D eigenvalue weighted by molar-refractivity contribution is -0.0934. The van der Waals surface area contributed by atoms with Gasteiger partial charge in [0.25, 0.3) is 0 Å². The maximum absolute atomic E-state index is 13.9. The summed E-state index contributed by atoms with van der Waals surface area (Å²) in [4.78, 5) is 0. The molecule has 0 spiro atoms. The maximum Gasteiger partial charge on any atom is 0.127 e.